The van der Waals surface area contributed by atoms with Crippen molar-refractivity contribution in [1.82, 2.24) is 9.97 Å². The molecule has 0 bridgehead atoms. The summed E-state index contributed by atoms with van der Waals surface area (Å²) in [7, 11) is -3.87. The van der Waals surface area contributed by atoms with Gasteiger partial charge in [-0.15, -0.1) is 0 Å². The van der Waals surface area contributed by atoms with Crippen LogP contribution in [-0.4, -0.2) is 18.4 Å². The average molecular weight is 497 g/mol. The minimum atomic E-state index is -3.87. The first-order chi connectivity index (χ1) is 17.5. The fourth-order valence-corrected chi connectivity index (χ4v) is 4.58. The molecule has 0 radical (unpaired) electrons. The molecule has 5 rings (SSSR count). The molecule has 4 aromatic carbocycles. The Bertz CT molecular complexity index is 1590. The Labute approximate surface area is 209 Å². The number of fused-ring (bicyclic) bond motifs is 1. The number of benzene rings is 4. The van der Waals surface area contributed by atoms with Crippen molar-refractivity contribution in [3.8, 4) is 5.75 Å². The highest BCUT2D eigenvalue weighted by atomic mass is 32.2. The van der Waals surface area contributed by atoms with E-state index in [9.17, 15) is 8.42 Å². The molecule has 0 spiro atoms. The van der Waals surface area contributed by atoms with Crippen LogP contribution >= 0.6 is 0 Å². The molecule has 7 nitrogen and oxygen atoms in total. The Hall–Kier alpha value is -4.43. The molecule has 2 N–H and O–H groups in total. The number of aromatic nitrogens is 2. The van der Waals surface area contributed by atoms with Crippen LogP contribution in [0.3, 0.4) is 0 Å². The highest BCUT2D eigenvalue weighted by Crippen LogP contribution is 2.28. The van der Waals surface area contributed by atoms with Gasteiger partial charge in [-0.2, -0.15) is 0 Å². The molecular formula is C28H24N4O3S. The van der Waals surface area contributed by atoms with Crippen LogP contribution in [-0.2, 0) is 16.6 Å². The summed E-state index contributed by atoms with van der Waals surface area (Å²) in [5.41, 5.74) is 3.98. The van der Waals surface area contributed by atoms with Gasteiger partial charge in [-0.25, -0.2) is 18.4 Å². The Balaban J connectivity index is 1.40. The molecule has 1 heterocycles. The molecule has 8 heteroatoms. The second-order valence-corrected chi connectivity index (χ2v) is 9.93. The molecule has 0 aliphatic heterocycles. The van der Waals surface area contributed by atoms with E-state index < -0.39 is 10.0 Å². The molecule has 0 unspecified atom stereocenters. The molecule has 0 aliphatic carbocycles. The van der Waals surface area contributed by atoms with E-state index in [1.807, 2.05) is 79.7 Å². The number of hydrogen-bond acceptors (Lipinski definition) is 6. The third kappa shape index (κ3) is 5.45. The molecule has 0 amide bonds. The topological polar surface area (TPSA) is 93.2 Å². The fourth-order valence-electron chi connectivity index (χ4n) is 3.57. The number of aryl methyl sites for hydroxylation is 1. The maximum absolute atomic E-state index is 13.1. The molecular weight excluding hydrogens is 472 g/mol. The second kappa shape index (κ2) is 10.1. The minimum absolute atomic E-state index is 0.110. The molecule has 180 valence electrons. The van der Waals surface area contributed by atoms with Crippen LogP contribution in [0.1, 0.15) is 11.1 Å². The van der Waals surface area contributed by atoms with Gasteiger partial charge in [-0.1, -0.05) is 60.2 Å². The second-order valence-electron chi connectivity index (χ2n) is 8.25. The Kier molecular flexibility index (Phi) is 6.51. The summed E-state index contributed by atoms with van der Waals surface area (Å²) in [5.74, 6) is 1.12. The van der Waals surface area contributed by atoms with Crippen molar-refractivity contribution in [3.63, 3.8) is 0 Å². The van der Waals surface area contributed by atoms with Gasteiger partial charge < -0.3 is 10.1 Å². The molecule has 0 aliphatic rings. The van der Waals surface area contributed by atoms with E-state index >= 15 is 0 Å². The lowest BCUT2D eigenvalue weighted by Gasteiger charge is -2.14. The number of para-hydroxylation sites is 2. The number of hydrogen-bond donors (Lipinski definition) is 2. The predicted octanol–water partition coefficient (Wildman–Crippen LogP) is 6.06. The Morgan fingerprint density at radius 2 is 1.33 bits per heavy atom. The lowest BCUT2D eigenvalue weighted by molar-refractivity contribution is 0.306. The summed E-state index contributed by atoms with van der Waals surface area (Å²) in [4.78, 5) is 9.32. The first-order valence-corrected chi connectivity index (χ1v) is 12.8. The van der Waals surface area contributed by atoms with Crippen LogP contribution in [0.4, 0.5) is 17.3 Å². The number of nitrogens with zero attached hydrogens (tertiary/aromatic N) is 2. The third-order valence-corrected chi connectivity index (χ3v) is 6.85. The number of rotatable bonds is 8. The smallest absolute Gasteiger partial charge is 0.263 e. The quantitative estimate of drug-likeness (QED) is 0.271. The zero-order valence-corrected chi connectivity index (χ0v) is 20.4. The van der Waals surface area contributed by atoms with Crippen LogP contribution in [0, 0.1) is 6.92 Å². The van der Waals surface area contributed by atoms with Crippen LogP contribution in [0.25, 0.3) is 11.0 Å². The molecule has 0 atom stereocenters. The van der Waals surface area contributed by atoms with Gasteiger partial charge in [-0.3, -0.25) is 4.72 Å². The molecule has 0 saturated heterocycles. The van der Waals surface area contributed by atoms with Gasteiger partial charge in [0.2, 0.25) is 0 Å². The van der Waals surface area contributed by atoms with E-state index in [0.717, 1.165) is 11.1 Å². The van der Waals surface area contributed by atoms with Gasteiger partial charge in [0.1, 0.15) is 12.4 Å². The monoisotopic (exact) mass is 496 g/mol. The number of sulfonamides is 1. The molecule has 5 aromatic rings. The number of nitrogens with one attached hydrogen (secondary N) is 2. The number of ether oxygens (including phenoxy) is 1. The van der Waals surface area contributed by atoms with Crippen LogP contribution in [0.15, 0.2) is 108 Å². The van der Waals surface area contributed by atoms with Gasteiger partial charge in [0.05, 0.1) is 15.9 Å². The lowest BCUT2D eigenvalue weighted by Crippen LogP contribution is -2.16. The van der Waals surface area contributed by atoms with Crippen molar-refractivity contribution in [3.05, 3.63) is 114 Å². The van der Waals surface area contributed by atoms with Crippen molar-refractivity contribution in [2.24, 2.45) is 0 Å². The average Bonchev–Trinajstić information content (AvgIpc) is 2.89. The largest absolute Gasteiger partial charge is 0.489 e. The Morgan fingerprint density at radius 3 is 2.00 bits per heavy atom. The van der Waals surface area contributed by atoms with Gasteiger partial charge in [-0.05, 0) is 61.0 Å². The Morgan fingerprint density at radius 1 is 0.722 bits per heavy atom. The maximum Gasteiger partial charge on any atom is 0.263 e. The standard InChI is InChI=1S/C28H24N4O3S/c1-20-11-17-24(18-12-20)36(33,34)32-28-27(30-25-9-5-6-10-26(25)31-28)29-22-13-15-23(16-14-22)35-19-21-7-3-2-4-8-21/h2-18H,19H2,1H3,(H,29,30)(H,31,32). The van der Waals surface area contributed by atoms with Gasteiger partial charge in [0.25, 0.3) is 10.0 Å². The van der Waals surface area contributed by atoms with E-state index in [2.05, 4.69) is 20.0 Å². The summed E-state index contributed by atoms with van der Waals surface area (Å²) in [6.45, 7) is 2.37. The van der Waals surface area contributed by atoms with Crippen molar-refractivity contribution >= 4 is 38.4 Å². The summed E-state index contributed by atoms with van der Waals surface area (Å²) in [5, 5.41) is 3.19. The molecule has 36 heavy (non-hydrogen) atoms. The normalized spacial score (nSPS) is 11.2. The van der Waals surface area contributed by atoms with Crippen LogP contribution < -0.4 is 14.8 Å². The van der Waals surface area contributed by atoms with E-state index in [1.165, 1.54) is 0 Å². The SMILES string of the molecule is Cc1ccc(S(=O)(=O)Nc2nc3ccccc3nc2Nc2ccc(OCc3ccccc3)cc2)cc1. The zero-order valence-electron chi connectivity index (χ0n) is 19.5. The molecule has 0 saturated carbocycles. The van der Waals surface area contributed by atoms with E-state index in [-0.39, 0.29) is 10.7 Å². The summed E-state index contributed by atoms with van der Waals surface area (Å²) >= 11 is 0. The fraction of sp³-hybridized carbons (Fsp3) is 0.0714. The third-order valence-electron chi connectivity index (χ3n) is 5.50. The van der Waals surface area contributed by atoms with Crippen molar-refractivity contribution in [2.45, 2.75) is 18.4 Å². The summed E-state index contributed by atoms with van der Waals surface area (Å²) in [6, 6.07) is 31.2. The minimum Gasteiger partial charge on any atom is -0.489 e. The zero-order chi connectivity index (χ0) is 25.0. The number of anilines is 3. The lowest BCUT2D eigenvalue weighted by atomic mass is 10.2. The molecule has 0 fully saturated rings. The highest BCUT2D eigenvalue weighted by Gasteiger charge is 2.19. The van der Waals surface area contributed by atoms with Gasteiger partial charge >= 0.3 is 0 Å². The van der Waals surface area contributed by atoms with Crippen molar-refractivity contribution in [2.75, 3.05) is 10.0 Å². The summed E-state index contributed by atoms with van der Waals surface area (Å²) < 4.78 is 34.6. The van der Waals surface area contributed by atoms with E-state index in [4.69, 9.17) is 4.74 Å². The van der Waals surface area contributed by atoms with E-state index in [0.29, 0.717) is 34.9 Å². The highest BCUT2D eigenvalue weighted by molar-refractivity contribution is 7.92. The summed E-state index contributed by atoms with van der Waals surface area (Å²) in [6.07, 6.45) is 0. The van der Waals surface area contributed by atoms with Crippen LogP contribution in [0.2, 0.25) is 0 Å². The molecule has 1 aromatic heterocycles. The van der Waals surface area contributed by atoms with Gasteiger partial charge in [0, 0.05) is 5.69 Å². The van der Waals surface area contributed by atoms with Crippen molar-refractivity contribution < 1.29 is 13.2 Å². The van der Waals surface area contributed by atoms with Crippen LogP contribution in [0.5, 0.6) is 5.75 Å². The maximum atomic E-state index is 13.1. The predicted molar refractivity (Wildman–Crippen MR) is 142 cm³/mol. The first kappa shape index (κ1) is 23.3. The van der Waals surface area contributed by atoms with Crippen molar-refractivity contribution in [1.29, 1.82) is 0 Å². The first-order valence-electron chi connectivity index (χ1n) is 11.4. The van der Waals surface area contributed by atoms with Gasteiger partial charge in [0.15, 0.2) is 11.6 Å². The van der Waals surface area contributed by atoms with E-state index in [1.54, 1.807) is 30.3 Å².